The van der Waals surface area contributed by atoms with Gasteiger partial charge in [-0.1, -0.05) is 54.6 Å². The van der Waals surface area contributed by atoms with Gasteiger partial charge in [0.1, 0.15) is 11.5 Å². The van der Waals surface area contributed by atoms with Crippen LogP contribution in [0.2, 0.25) is 0 Å². The van der Waals surface area contributed by atoms with Gasteiger partial charge in [-0.25, -0.2) is 0 Å². The van der Waals surface area contributed by atoms with E-state index in [-0.39, 0.29) is 5.78 Å². The van der Waals surface area contributed by atoms with Crippen LogP contribution in [0.5, 0.6) is 0 Å². The minimum Gasteiger partial charge on any atom is -0.465 e. The Morgan fingerprint density at radius 2 is 1.67 bits per heavy atom. The molecule has 0 radical (unpaired) electrons. The summed E-state index contributed by atoms with van der Waals surface area (Å²) in [5.74, 6) is 2.41. The van der Waals surface area contributed by atoms with Gasteiger partial charge in [-0.3, -0.25) is 4.79 Å². The Morgan fingerprint density at radius 1 is 0.926 bits per heavy atom. The number of carbonyl (C=O) groups excluding carboxylic acids is 1. The van der Waals surface area contributed by atoms with Gasteiger partial charge in [-0.15, -0.1) is 0 Å². The summed E-state index contributed by atoms with van der Waals surface area (Å²) >= 11 is 0. The predicted octanol–water partition coefficient (Wildman–Crippen LogP) is 6.20. The van der Waals surface area contributed by atoms with Crippen molar-refractivity contribution in [1.82, 2.24) is 0 Å². The maximum absolute atomic E-state index is 11.6. The third kappa shape index (κ3) is 3.90. The number of hydrogen-bond donors (Lipinski definition) is 0. The molecule has 0 N–H and O–H groups in total. The van der Waals surface area contributed by atoms with Gasteiger partial charge in [-0.2, -0.15) is 0 Å². The highest BCUT2D eigenvalue weighted by molar-refractivity contribution is 5.94. The summed E-state index contributed by atoms with van der Waals surface area (Å²) in [5, 5.41) is 0. The van der Waals surface area contributed by atoms with Crippen molar-refractivity contribution in [2.75, 3.05) is 0 Å². The second kappa shape index (κ2) is 7.96. The van der Waals surface area contributed by atoms with Crippen LogP contribution in [0.4, 0.5) is 0 Å². The molecule has 27 heavy (non-hydrogen) atoms. The van der Waals surface area contributed by atoms with Crippen molar-refractivity contribution in [2.24, 2.45) is 0 Å². The van der Waals surface area contributed by atoms with E-state index in [1.54, 1.807) is 6.92 Å². The Bertz CT molecular complexity index is 917. The molecule has 138 valence electrons. The van der Waals surface area contributed by atoms with Gasteiger partial charge in [-0.05, 0) is 50.2 Å². The third-order valence-electron chi connectivity index (χ3n) is 5.54. The summed E-state index contributed by atoms with van der Waals surface area (Å²) in [6, 6.07) is 18.7. The quantitative estimate of drug-likeness (QED) is 0.491. The summed E-state index contributed by atoms with van der Waals surface area (Å²) < 4.78 is 6.34. The van der Waals surface area contributed by atoms with Crippen LogP contribution >= 0.6 is 0 Å². The van der Waals surface area contributed by atoms with Crippen LogP contribution in [0.1, 0.15) is 59.2 Å². The van der Waals surface area contributed by atoms with E-state index < -0.39 is 0 Å². The molecule has 0 saturated heterocycles. The Labute approximate surface area is 161 Å². The number of rotatable bonds is 6. The molecule has 1 aliphatic rings. The van der Waals surface area contributed by atoms with Gasteiger partial charge in [0.2, 0.25) is 0 Å². The van der Waals surface area contributed by atoms with Crippen LogP contribution in [-0.4, -0.2) is 5.78 Å². The van der Waals surface area contributed by atoms with Gasteiger partial charge in [0.05, 0.1) is 0 Å². The van der Waals surface area contributed by atoms with Gasteiger partial charge < -0.3 is 4.42 Å². The Hall–Kier alpha value is -2.61. The Morgan fingerprint density at radius 3 is 2.41 bits per heavy atom. The van der Waals surface area contributed by atoms with Crippen molar-refractivity contribution >= 4 is 5.78 Å². The maximum atomic E-state index is 11.6. The molecule has 0 aliphatic heterocycles. The molecule has 0 atom stereocenters. The molecule has 2 nitrogen and oxygen atoms in total. The largest absolute Gasteiger partial charge is 0.465 e. The first-order valence-electron chi connectivity index (χ1n) is 10.0. The van der Waals surface area contributed by atoms with E-state index >= 15 is 0 Å². The summed E-state index contributed by atoms with van der Waals surface area (Å²) in [7, 11) is 0. The van der Waals surface area contributed by atoms with E-state index in [9.17, 15) is 4.79 Å². The van der Waals surface area contributed by atoms with Crippen molar-refractivity contribution in [3.8, 4) is 11.1 Å². The molecule has 1 aromatic heterocycles. The highest BCUT2D eigenvalue weighted by atomic mass is 16.3. The Balaban J connectivity index is 1.61. The van der Waals surface area contributed by atoms with E-state index in [1.807, 2.05) is 12.1 Å². The minimum atomic E-state index is 0.110. The predicted molar refractivity (Wildman–Crippen MR) is 109 cm³/mol. The molecule has 0 fully saturated rings. The van der Waals surface area contributed by atoms with Crippen LogP contribution < -0.4 is 0 Å². The molecule has 0 amide bonds. The molecule has 1 heterocycles. The number of hydrogen-bond acceptors (Lipinski definition) is 2. The Kier molecular flexibility index (Phi) is 5.24. The summed E-state index contributed by atoms with van der Waals surface area (Å²) in [6.07, 6.45) is 7.69. The second-order valence-electron chi connectivity index (χ2n) is 7.48. The monoisotopic (exact) mass is 358 g/mol. The molecular weight excluding hydrogens is 332 g/mol. The van der Waals surface area contributed by atoms with Crippen molar-refractivity contribution in [3.05, 3.63) is 82.8 Å². The normalized spacial score (nSPS) is 13.4. The lowest BCUT2D eigenvalue weighted by atomic mass is 9.90. The lowest BCUT2D eigenvalue weighted by Crippen LogP contribution is -2.00. The van der Waals surface area contributed by atoms with Crippen molar-refractivity contribution < 1.29 is 9.21 Å². The summed E-state index contributed by atoms with van der Waals surface area (Å²) in [4.78, 5) is 11.6. The fraction of sp³-hybridized carbons (Fsp3) is 0.320. The molecule has 0 spiro atoms. The van der Waals surface area contributed by atoms with Gasteiger partial charge in [0, 0.05) is 29.5 Å². The highest BCUT2D eigenvalue weighted by Crippen LogP contribution is 2.38. The van der Waals surface area contributed by atoms with E-state index in [0.29, 0.717) is 0 Å². The standard InChI is InChI=1S/C25H26O2/c1-18(26)20-14-16-21(17-15-20)25-22-11-5-6-12-23(22)27-24(25)13-7-10-19-8-3-2-4-9-19/h2-4,8-9,14-17H,5-7,10-13H2,1H3. The summed E-state index contributed by atoms with van der Waals surface area (Å²) in [6.45, 7) is 1.61. The first-order chi connectivity index (χ1) is 13.2. The lowest BCUT2D eigenvalue weighted by Gasteiger charge is -2.11. The van der Waals surface area contributed by atoms with Gasteiger partial charge in [0.25, 0.3) is 0 Å². The van der Waals surface area contributed by atoms with Crippen LogP contribution in [0.15, 0.2) is 59.0 Å². The molecule has 3 aromatic rings. The average molecular weight is 358 g/mol. The van der Waals surface area contributed by atoms with Crippen LogP contribution in [0.3, 0.4) is 0 Å². The number of Topliss-reactive ketones (excluding diaryl/α,β-unsaturated/α-hetero) is 1. The van der Waals surface area contributed by atoms with Gasteiger partial charge >= 0.3 is 0 Å². The molecule has 0 unspecified atom stereocenters. The van der Waals surface area contributed by atoms with E-state index in [4.69, 9.17) is 4.42 Å². The topological polar surface area (TPSA) is 30.2 Å². The molecule has 2 aromatic carbocycles. The number of benzene rings is 2. The smallest absolute Gasteiger partial charge is 0.159 e. The number of fused-ring (bicyclic) bond motifs is 1. The summed E-state index contributed by atoms with van der Waals surface area (Å²) in [5.41, 5.74) is 6.00. The number of ketones is 1. The van der Waals surface area contributed by atoms with Crippen molar-refractivity contribution in [1.29, 1.82) is 0 Å². The van der Waals surface area contributed by atoms with Crippen LogP contribution in [0, 0.1) is 0 Å². The number of furan rings is 1. The lowest BCUT2D eigenvalue weighted by molar-refractivity contribution is 0.101. The fourth-order valence-corrected chi connectivity index (χ4v) is 4.10. The van der Waals surface area contributed by atoms with E-state index in [2.05, 4.69) is 42.5 Å². The number of aryl methyl sites for hydroxylation is 3. The fourth-order valence-electron chi connectivity index (χ4n) is 4.10. The number of carbonyl (C=O) groups is 1. The third-order valence-corrected chi connectivity index (χ3v) is 5.54. The molecular formula is C25H26O2. The van der Waals surface area contributed by atoms with Crippen LogP contribution in [0.25, 0.3) is 11.1 Å². The molecule has 4 rings (SSSR count). The maximum Gasteiger partial charge on any atom is 0.159 e. The molecule has 1 aliphatic carbocycles. The zero-order chi connectivity index (χ0) is 18.6. The first kappa shape index (κ1) is 17.8. The highest BCUT2D eigenvalue weighted by Gasteiger charge is 2.23. The second-order valence-corrected chi connectivity index (χ2v) is 7.48. The SMILES string of the molecule is CC(=O)c1ccc(-c2c(CCCc3ccccc3)oc3c2CCCC3)cc1. The van der Waals surface area contributed by atoms with E-state index in [1.165, 1.54) is 40.9 Å². The molecule has 0 bridgehead atoms. The average Bonchev–Trinajstić information content (AvgIpc) is 3.07. The van der Waals surface area contributed by atoms with Gasteiger partial charge in [0.15, 0.2) is 5.78 Å². The van der Waals surface area contributed by atoms with E-state index in [0.717, 1.165) is 43.4 Å². The first-order valence-corrected chi connectivity index (χ1v) is 10.0. The molecule has 2 heteroatoms. The van der Waals surface area contributed by atoms with Crippen LogP contribution in [-0.2, 0) is 25.7 Å². The zero-order valence-electron chi connectivity index (χ0n) is 16.0. The minimum absolute atomic E-state index is 0.110. The van der Waals surface area contributed by atoms with Crippen molar-refractivity contribution in [3.63, 3.8) is 0 Å². The molecule has 0 saturated carbocycles. The van der Waals surface area contributed by atoms with Crippen molar-refractivity contribution in [2.45, 2.75) is 51.9 Å². The zero-order valence-corrected chi connectivity index (χ0v) is 16.0.